The first-order valence-corrected chi connectivity index (χ1v) is 8.52. The fourth-order valence-corrected chi connectivity index (χ4v) is 3.08. The number of fused-ring (bicyclic) bond motifs is 1. The number of hydrogen-bond acceptors (Lipinski definition) is 4. The summed E-state index contributed by atoms with van der Waals surface area (Å²) in [5, 5.41) is 9.55. The van der Waals surface area contributed by atoms with Gasteiger partial charge in [-0.1, -0.05) is 12.1 Å². The smallest absolute Gasteiger partial charge is 0.175 e. The fraction of sp³-hybridized carbons (Fsp3) is 0.158. The minimum Gasteiger partial charge on any atom is -0.493 e. The lowest BCUT2D eigenvalue weighted by Gasteiger charge is -2.12. The Labute approximate surface area is 154 Å². The molecule has 0 amide bonds. The highest BCUT2D eigenvalue weighted by Crippen LogP contribution is 2.37. The van der Waals surface area contributed by atoms with Crippen LogP contribution in [0, 0.1) is 11.3 Å². The van der Waals surface area contributed by atoms with E-state index in [0.717, 1.165) is 21.1 Å². The summed E-state index contributed by atoms with van der Waals surface area (Å²) in [4.78, 5) is 7.65. The second kappa shape index (κ2) is 7.41. The topological polar surface area (TPSA) is 70.9 Å². The lowest BCUT2D eigenvalue weighted by Crippen LogP contribution is -1.97. The van der Waals surface area contributed by atoms with Gasteiger partial charge in [-0.3, -0.25) is 0 Å². The van der Waals surface area contributed by atoms with Crippen molar-refractivity contribution in [2.24, 2.45) is 0 Å². The summed E-state index contributed by atoms with van der Waals surface area (Å²) in [7, 11) is 1.59. The molecule has 3 rings (SSSR count). The molecule has 0 saturated heterocycles. The first-order chi connectivity index (χ1) is 12.2. The van der Waals surface area contributed by atoms with Crippen LogP contribution in [0.1, 0.15) is 18.3 Å². The summed E-state index contributed by atoms with van der Waals surface area (Å²) in [5.41, 5.74) is 2.96. The number of methoxy groups -OCH3 is 1. The predicted molar refractivity (Wildman–Crippen MR) is 101 cm³/mol. The summed E-state index contributed by atoms with van der Waals surface area (Å²) < 4.78 is 11.8. The maximum atomic E-state index is 9.55. The number of H-pyrrole nitrogens is 1. The molecule has 1 aromatic heterocycles. The standard InChI is InChI=1S/C19H16BrN3O2/c1-3-25-18-14(20)9-12(10-17(18)24-2)8-13(11-21)19-22-15-6-4-5-7-16(15)23-19/h4-10H,3H2,1-2H3,(H,22,23). The summed E-state index contributed by atoms with van der Waals surface area (Å²) in [6.45, 7) is 2.45. The van der Waals surface area contributed by atoms with Gasteiger partial charge in [0.15, 0.2) is 11.5 Å². The second-order valence-corrected chi connectivity index (χ2v) is 6.09. The molecule has 0 aliphatic carbocycles. The number of nitrogens with zero attached hydrogens (tertiary/aromatic N) is 2. The van der Waals surface area contributed by atoms with Crippen molar-refractivity contribution >= 4 is 38.6 Å². The average molecular weight is 398 g/mol. The third kappa shape index (κ3) is 3.52. The van der Waals surface area contributed by atoms with Gasteiger partial charge in [-0.2, -0.15) is 5.26 Å². The molecule has 0 unspecified atom stereocenters. The third-order valence-electron chi connectivity index (χ3n) is 3.62. The average Bonchev–Trinajstić information content (AvgIpc) is 3.05. The van der Waals surface area contributed by atoms with Gasteiger partial charge in [0.1, 0.15) is 11.9 Å². The molecular weight excluding hydrogens is 382 g/mol. The van der Waals surface area contributed by atoms with Crippen LogP contribution in [0.15, 0.2) is 40.9 Å². The van der Waals surface area contributed by atoms with Crippen molar-refractivity contribution in [1.29, 1.82) is 5.26 Å². The van der Waals surface area contributed by atoms with E-state index in [4.69, 9.17) is 9.47 Å². The number of imidazole rings is 1. The highest BCUT2D eigenvalue weighted by atomic mass is 79.9. The molecule has 2 aromatic carbocycles. The van der Waals surface area contributed by atoms with Gasteiger partial charge in [0.25, 0.3) is 0 Å². The predicted octanol–water partition coefficient (Wildman–Crippen LogP) is 4.80. The number of para-hydroxylation sites is 2. The lowest BCUT2D eigenvalue weighted by molar-refractivity contribution is 0.309. The molecule has 6 heteroatoms. The van der Waals surface area contributed by atoms with E-state index >= 15 is 0 Å². The summed E-state index contributed by atoms with van der Waals surface area (Å²) in [6, 6.07) is 13.6. The molecule has 0 bridgehead atoms. The van der Waals surface area contributed by atoms with Crippen LogP contribution in [-0.4, -0.2) is 23.7 Å². The molecule has 0 radical (unpaired) electrons. The van der Waals surface area contributed by atoms with E-state index < -0.39 is 0 Å². The lowest BCUT2D eigenvalue weighted by atomic mass is 10.1. The number of allylic oxidation sites excluding steroid dienone is 1. The van der Waals surface area contributed by atoms with Crippen molar-refractivity contribution < 1.29 is 9.47 Å². The molecule has 0 aliphatic rings. The van der Waals surface area contributed by atoms with Crippen molar-refractivity contribution in [3.63, 3.8) is 0 Å². The van der Waals surface area contributed by atoms with Crippen molar-refractivity contribution in [3.8, 4) is 17.6 Å². The largest absolute Gasteiger partial charge is 0.493 e. The summed E-state index contributed by atoms with van der Waals surface area (Å²) >= 11 is 3.50. The molecule has 0 atom stereocenters. The van der Waals surface area contributed by atoms with Crippen LogP contribution in [0.5, 0.6) is 11.5 Å². The van der Waals surface area contributed by atoms with Crippen molar-refractivity contribution in [3.05, 3.63) is 52.3 Å². The number of aromatic amines is 1. The van der Waals surface area contributed by atoms with Gasteiger partial charge in [0, 0.05) is 0 Å². The zero-order chi connectivity index (χ0) is 17.8. The number of hydrogen-bond donors (Lipinski definition) is 1. The highest BCUT2D eigenvalue weighted by molar-refractivity contribution is 9.10. The Bertz CT molecular complexity index is 953. The molecule has 0 aliphatic heterocycles. The molecule has 3 aromatic rings. The Balaban J connectivity index is 2.05. The number of nitriles is 1. The highest BCUT2D eigenvalue weighted by Gasteiger charge is 2.12. The zero-order valence-electron chi connectivity index (χ0n) is 13.8. The Morgan fingerprint density at radius 3 is 2.84 bits per heavy atom. The van der Waals surface area contributed by atoms with Crippen LogP contribution in [0.4, 0.5) is 0 Å². The molecule has 25 heavy (non-hydrogen) atoms. The molecule has 1 heterocycles. The van der Waals surface area contributed by atoms with E-state index in [0.29, 0.717) is 29.5 Å². The molecule has 0 spiro atoms. The Morgan fingerprint density at radius 1 is 1.36 bits per heavy atom. The number of aromatic nitrogens is 2. The molecular formula is C19H16BrN3O2. The molecule has 5 nitrogen and oxygen atoms in total. The quantitative estimate of drug-likeness (QED) is 0.627. The van der Waals surface area contributed by atoms with E-state index in [1.807, 2.05) is 43.3 Å². The van der Waals surface area contributed by atoms with Crippen LogP contribution in [0.3, 0.4) is 0 Å². The van der Waals surface area contributed by atoms with Gasteiger partial charge in [-0.15, -0.1) is 0 Å². The van der Waals surface area contributed by atoms with Crippen molar-refractivity contribution in [2.75, 3.05) is 13.7 Å². The second-order valence-electron chi connectivity index (χ2n) is 5.24. The first-order valence-electron chi connectivity index (χ1n) is 7.73. The van der Waals surface area contributed by atoms with Crippen LogP contribution >= 0.6 is 15.9 Å². The number of rotatable bonds is 5. The van der Waals surface area contributed by atoms with Crippen LogP contribution < -0.4 is 9.47 Å². The Kier molecular flexibility index (Phi) is 5.05. The number of ether oxygens (including phenoxy) is 2. The maximum absolute atomic E-state index is 9.55. The molecule has 0 saturated carbocycles. The van der Waals surface area contributed by atoms with Crippen LogP contribution in [-0.2, 0) is 0 Å². The van der Waals surface area contributed by atoms with Gasteiger partial charge in [0.05, 0.1) is 34.8 Å². The van der Waals surface area contributed by atoms with Gasteiger partial charge in [-0.25, -0.2) is 4.98 Å². The van der Waals surface area contributed by atoms with Crippen molar-refractivity contribution in [1.82, 2.24) is 9.97 Å². The van der Waals surface area contributed by atoms with Crippen molar-refractivity contribution in [2.45, 2.75) is 6.92 Å². The van der Waals surface area contributed by atoms with Gasteiger partial charge < -0.3 is 14.5 Å². The minimum atomic E-state index is 0.439. The van der Waals surface area contributed by atoms with Gasteiger partial charge in [-0.05, 0) is 58.8 Å². The molecule has 1 N–H and O–H groups in total. The van der Waals surface area contributed by atoms with Gasteiger partial charge in [0.2, 0.25) is 0 Å². The summed E-state index contributed by atoms with van der Waals surface area (Å²) in [5.74, 6) is 1.78. The van der Waals surface area contributed by atoms with E-state index in [1.165, 1.54) is 0 Å². The van der Waals surface area contributed by atoms with Gasteiger partial charge >= 0.3 is 0 Å². The van der Waals surface area contributed by atoms with E-state index in [2.05, 4.69) is 32.0 Å². The van der Waals surface area contributed by atoms with Crippen LogP contribution in [0.2, 0.25) is 0 Å². The van der Waals surface area contributed by atoms with Crippen LogP contribution in [0.25, 0.3) is 22.7 Å². The monoisotopic (exact) mass is 397 g/mol. The van der Waals surface area contributed by atoms with E-state index in [9.17, 15) is 5.26 Å². The first kappa shape index (κ1) is 17.1. The third-order valence-corrected chi connectivity index (χ3v) is 4.21. The zero-order valence-corrected chi connectivity index (χ0v) is 15.4. The normalized spacial score (nSPS) is 11.4. The number of nitrogens with one attached hydrogen (secondary N) is 1. The number of halogens is 1. The van der Waals surface area contributed by atoms with E-state index in [-0.39, 0.29) is 0 Å². The van der Waals surface area contributed by atoms with E-state index in [1.54, 1.807) is 13.2 Å². The summed E-state index contributed by atoms with van der Waals surface area (Å²) in [6.07, 6.45) is 1.76. The Hall–Kier alpha value is -2.78. The SMILES string of the molecule is CCOc1c(Br)cc(C=C(C#N)c2nc3ccccc3[nH]2)cc1OC. The maximum Gasteiger partial charge on any atom is 0.175 e. The fourth-order valence-electron chi connectivity index (χ4n) is 2.51. The molecule has 0 fully saturated rings. The minimum absolute atomic E-state index is 0.439. The Morgan fingerprint density at radius 2 is 2.16 bits per heavy atom. The number of benzene rings is 2. The molecule has 126 valence electrons.